The summed E-state index contributed by atoms with van der Waals surface area (Å²) in [5.74, 6) is -0.629. The molecule has 0 fully saturated rings. The molecule has 0 bridgehead atoms. The molecule has 0 amide bonds. The van der Waals surface area contributed by atoms with Crippen LogP contribution in [0.15, 0.2) is 59.5 Å². The summed E-state index contributed by atoms with van der Waals surface area (Å²) in [6, 6.07) is 12.8. The fraction of sp³-hybridized carbons (Fsp3) is 0.111. The smallest absolute Gasteiger partial charge is 0.358 e. The van der Waals surface area contributed by atoms with Gasteiger partial charge in [-0.1, -0.05) is 0 Å². The fourth-order valence-electron chi connectivity index (χ4n) is 2.62. The van der Waals surface area contributed by atoms with Crippen molar-refractivity contribution in [1.29, 1.82) is 0 Å². The molecule has 3 rings (SSSR count). The third-order valence-corrected chi connectivity index (χ3v) is 4.91. The predicted octanol–water partition coefficient (Wildman–Crippen LogP) is 2.27. The number of esters is 1. The summed E-state index contributed by atoms with van der Waals surface area (Å²) in [6.45, 7) is 1.83. The number of aromatic nitrogens is 2. The Bertz CT molecular complexity index is 1170. The molecule has 1 heterocycles. The van der Waals surface area contributed by atoms with E-state index < -0.39 is 20.9 Å². The quantitative estimate of drug-likeness (QED) is 0.368. The molecule has 150 valence electrons. The first-order valence-electron chi connectivity index (χ1n) is 8.36. The van der Waals surface area contributed by atoms with Crippen LogP contribution >= 0.6 is 0 Å². The van der Waals surface area contributed by atoms with Gasteiger partial charge in [0.25, 0.3) is 5.69 Å². The van der Waals surface area contributed by atoms with Crippen molar-refractivity contribution >= 4 is 21.7 Å². The minimum Gasteiger partial charge on any atom is -0.461 e. The maximum Gasteiger partial charge on any atom is 0.358 e. The van der Waals surface area contributed by atoms with Crippen molar-refractivity contribution < 1.29 is 22.9 Å². The Morgan fingerprint density at radius 1 is 1.17 bits per heavy atom. The zero-order chi connectivity index (χ0) is 21.2. The summed E-state index contributed by atoms with van der Waals surface area (Å²) < 4.78 is 29.3. The van der Waals surface area contributed by atoms with Crippen LogP contribution in [0.25, 0.3) is 16.9 Å². The van der Waals surface area contributed by atoms with E-state index >= 15 is 0 Å². The van der Waals surface area contributed by atoms with Crippen molar-refractivity contribution in [3.63, 3.8) is 0 Å². The molecule has 0 unspecified atom stereocenters. The Morgan fingerprint density at radius 3 is 2.31 bits per heavy atom. The Balaban J connectivity index is 2.11. The number of hydrogen-bond acceptors (Lipinski definition) is 7. The van der Waals surface area contributed by atoms with Gasteiger partial charge in [0.15, 0.2) is 5.69 Å². The minimum atomic E-state index is -3.86. The molecule has 1 aromatic heterocycles. The molecule has 0 radical (unpaired) electrons. The SMILES string of the molecule is CCOC(=O)c1cc(-c2ccc([N+](=O)[O-])cc2)n(-c2ccc(S(N)(=O)=O)cc2)n1. The van der Waals surface area contributed by atoms with Crippen molar-refractivity contribution in [3.8, 4) is 16.9 Å². The van der Waals surface area contributed by atoms with Gasteiger partial charge >= 0.3 is 5.97 Å². The second-order valence-electron chi connectivity index (χ2n) is 5.89. The Morgan fingerprint density at radius 2 is 1.79 bits per heavy atom. The van der Waals surface area contributed by atoms with E-state index in [9.17, 15) is 23.3 Å². The number of sulfonamides is 1. The van der Waals surface area contributed by atoms with Crippen LogP contribution in [0.4, 0.5) is 5.69 Å². The van der Waals surface area contributed by atoms with Gasteiger partial charge in [-0.2, -0.15) is 5.10 Å². The van der Waals surface area contributed by atoms with Gasteiger partial charge in [0.05, 0.1) is 27.8 Å². The molecule has 0 spiro atoms. The van der Waals surface area contributed by atoms with Gasteiger partial charge in [0, 0.05) is 17.7 Å². The average molecular weight is 416 g/mol. The molecule has 0 saturated heterocycles. The molecule has 29 heavy (non-hydrogen) atoms. The maximum absolute atomic E-state index is 12.1. The molecule has 2 aromatic carbocycles. The van der Waals surface area contributed by atoms with Gasteiger partial charge in [-0.25, -0.2) is 23.0 Å². The molecular weight excluding hydrogens is 400 g/mol. The largest absolute Gasteiger partial charge is 0.461 e. The highest BCUT2D eigenvalue weighted by Gasteiger charge is 2.19. The lowest BCUT2D eigenvalue weighted by Crippen LogP contribution is -2.12. The van der Waals surface area contributed by atoms with Crippen molar-refractivity contribution in [2.24, 2.45) is 5.14 Å². The topological polar surface area (TPSA) is 147 Å². The summed E-state index contributed by atoms with van der Waals surface area (Å²) >= 11 is 0. The van der Waals surface area contributed by atoms with Gasteiger partial charge in [0.1, 0.15) is 0 Å². The van der Waals surface area contributed by atoms with E-state index in [1.54, 1.807) is 6.92 Å². The summed E-state index contributed by atoms with van der Waals surface area (Å²) in [7, 11) is -3.86. The number of ether oxygens (including phenoxy) is 1. The monoisotopic (exact) mass is 416 g/mol. The number of nitro groups is 1. The van der Waals surface area contributed by atoms with E-state index in [0.29, 0.717) is 16.9 Å². The first kappa shape index (κ1) is 20.2. The van der Waals surface area contributed by atoms with Gasteiger partial charge < -0.3 is 4.74 Å². The second kappa shape index (κ2) is 7.81. The predicted molar refractivity (Wildman–Crippen MR) is 103 cm³/mol. The van der Waals surface area contributed by atoms with Gasteiger partial charge in [-0.05, 0) is 49.4 Å². The summed E-state index contributed by atoms with van der Waals surface area (Å²) in [4.78, 5) is 22.4. The first-order chi connectivity index (χ1) is 13.7. The number of hydrogen-bond donors (Lipinski definition) is 1. The number of non-ortho nitro benzene ring substituents is 1. The molecular formula is C18H16N4O6S. The molecule has 0 aliphatic rings. The molecule has 11 heteroatoms. The van der Waals surface area contributed by atoms with Crippen LogP contribution in [0, 0.1) is 10.1 Å². The number of rotatable bonds is 6. The zero-order valence-corrected chi connectivity index (χ0v) is 16.0. The van der Waals surface area contributed by atoms with Crippen LogP contribution in [-0.4, -0.2) is 35.7 Å². The first-order valence-corrected chi connectivity index (χ1v) is 9.90. The number of carbonyl (C=O) groups excluding carboxylic acids is 1. The van der Waals surface area contributed by atoms with Crippen molar-refractivity contribution in [2.45, 2.75) is 11.8 Å². The van der Waals surface area contributed by atoms with E-state index in [1.807, 2.05) is 0 Å². The van der Waals surface area contributed by atoms with Crippen LogP contribution in [0.3, 0.4) is 0 Å². The Labute approximate surface area is 165 Å². The van der Waals surface area contributed by atoms with E-state index in [-0.39, 0.29) is 22.9 Å². The third-order valence-electron chi connectivity index (χ3n) is 3.98. The Hall–Kier alpha value is -3.57. The van der Waals surface area contributed by atoms with E-state index in [1.165, 1.54) is 59.3 Å². The van der Waals surface area contributed by atoms with Crippen molar-refractivity contribution in [1.82, 2.24) is 9.78 Å². The van der Waals surface area contributed by atoms with E-state index in [2.05, 4.69) is 5.10 Å². The maximum atomic E-state index is 12.1. The summed E-state index contributed by atoms with van der Waals surface area (Å²) in [5, 5.41) is 20.3. The number of nitrogens with zero attached hydrogens (tertiary/aromatic N) is 3. The number of nitrogens with two attached hydrogens (primary N) is 1. The Kier molecular flexibility index (Phi) is 5.43. The summed E-state index contributed by atoms with van der Waals surface area (Å²) in [5.41, 5.74) is 1.44. The standard InChI is InChI=1S/C18H16N4O6S/c1-2-28-18(23)16-11-17(12-3-5-14(6-4-12)22(24)25)21(20-16)13-7-9-15(10-8-13)29(19,26)27/h3-11H,2H2,1H3,(H2,19,26,27). The second-order valence-corrected chi connectivity index (χ2v) is 7.45. The highest BCUT2D eigenvalue weighted by molar-refractivity contribution is 7.89. The third kappa shape index (κ3) is 4.31. The average Bonchev–Trinajstić information content (AvgIpc) is 3.13. The van der Waals surface area contributed by atoms with Gasteiger partial charge in [0.2, 0.25) is 10.0 Å². The lowest BCUT2D eigenvalue weighted by atomic mass is 10.1. The van der Waals surface area contributed by atoms with Crippen LogP contribution in [0.5, 0.6) is 0 Å². The zero-order valence-electron chi connectivity index (χ0n) is 15.2. The van der Waals surface area contributed by atoms with Crippen molar-refractivity contribution in [2.75, 3.05) is 6.61 Å². The van der Waals surface area contributed by atoms with Crippen LogP contribution in [0.2, 0.25) is 0 Å². The molecule has 0 aliphatic heterocycles. The molecule has 0 saturated carbocycles. The molecule has 3 aromatic rings. The lowest BCUT2D eigenvalue weighted by Gasteiger charge is -2.08. The minimum absolute atomic E-state index is 0.0377. The number of nitro benzene ring substituents is 1. The fourth-order valence-corrected chi connectivity index (χ4v) is 3.13. The normalized spacial score (nSPS) is 11.2. The van der Waals surface area contributed by atoms with Crippen molar-refractivity contribution in [3.05, 3.63) is 70.4 Å². The summed E-state index contributed by atoms with van der Waals surface area (Å²) in [6.07, 6.45) is 0. The molecule has 0 atom stereocenters. The highest BCUT2D eigenvalue weighted by atomic mass is 32.2. The van der Waals surface area contributed by atoms with Crippen LogP contribution in [-0.2, 0) is 14.8 Å². The lowest BCUT2D eigenvalue weighted by molar-refractivity contribution is -0.384. The highest BCUT2D eigenvalue weighted by Crippen LogP contribution is 2.27. The van der Waals surface area contributed by atoms with E-state index in [0.717, 1.165) is 0 Å². The molecule has 0 aliphatic carbocycles. The molecule has 2 N–H and O–H groups in total. The van der Waals surface area contributed by atoms with Gasteiger partial charge in [-0.3, -0.25) is 10.1 Å². The number of primary sulfonamides is 1. The molecule has 10 nitrogen and oxygen atoms in total. The number of carbonyl (C=O) groups is 1. The van der Waals surface area contributed by atoms with Crippen LogP contribution in [0.1, 0.15) is 17.4 Å². The van der Waals surface area contributed by atoms with E-state index in [4.69, 9.17) is 9.88 Å². The van der Waals surface area contributed by atoms with Gasteiger partial charge in [-0.15, -0.1) is 0 Å². The van der Waals surface area contributed by atoms with Crippen LogP contribution < -0.4 is 5.14 Å². The number of benzene rings is 2.